The van der Waals surface area contributed by atoms with E-state index in [9.17, 15) is 38.6 Å². The fourth-order valence-electron chi connectivity index (χ4n) is 8.19. The third kappa shape index (κ3) is 4.71. The van der Waals surface area contributed by atoms with Crippen molar-refractivity contribution in [3.63, 3.8) is 0 Å². The molecule has 2 saturated heterocycles. The van der Waals surface area contributed by atoms with Crippen molar-refractivity contribution >= 4 is 46.9 Å². The number of imide groups is 2. The number of hydrazine groups is 1. The number of carboxylic acid groups (broad SMARTS) is 1. The summed E-state index contributed by atoms with van der Waals surface area (Å²) in [4.78, 5) is 69.1. The predicted octanol–water partition coefficient (Wildman–Crippen LogP) is 4.64. The molecule has 0 bridgehead atoms. The summed E-state index contributed by atoms with van der Waals surface area (Å²) in [6.07, 6.45) is 1.75. The van der Waals surface area contributed by atoms with E-state index in [1.807, 2.05) is 6.08 Å². The first-order valence-corrected chi connectivity index (χ1v) is 15.6. The van der Waals surface area contributed by atoms with E-state index in [4.69, 9.17) is 11.6 Å². The second kappa shape index (κ2) is 11.3. The van der Waals surface area contributed by atoms with E-state index >= 15 is 0 Å². The van der Waals surface area contributed by atoms with Gasteiger partial charge < -0.3 is 10.2 Å². The van der Waals surface area contributed by atoms with Gasteiger partial charge in [-0.25, -0.2) is 4.39 Å². The van der Waals surface area contributed by atoms with Crippen molar-refractivity contribution in [2.24, 2.45) is 23.7 Å². The van der Waals surface area contributed by atoms with E-state index in [-0.39, 0.29) is 25.1 Å². The molecule has 12 heteroatoms. The molecule has 0 aromatic heterocycles. The summed E-state index contributed by atoms with van der Waals surface area (Å²) in [6, 6.07) is 18.3. The lowest BCUT2D eigenvalue weighted by Gasteiger charge is -2.50. The quantitative estimate of drug-likeness (QED) is 0.246. The summed E-state index contributed by atoms with van der Waals surface area (Å²) < 4.78 is 13.7. The maximum atomic E-state index is 15.0. The van der Waals surface area contributed by atoms with E-state index < -0.39 is 76.8 Å². The Morgan fingerprint density at radius 3 is 2.26 bits per heavy atom. The molecule has 3 aromatic rings. The number of carbonyl (C=O) groups is 5. The minimum atomic E-state index is -1.53. The van der Waals surface area contributed by atoms with Gasteiger partial charge in [0.1, 0.15) is 11.6 Å². The van der Waals surface area contributed by atoms with Gasteiger partial charge in [0.2, 0.25) is 11.8 Å². The Morgan fingerprint density at radius 1 is 0.915 bits per heavy atom. The number of hydrogen-bond donors (Lipinski definition) is 3. The van der Waals surface area contributed by atoms with Crippen molar-refractivity contribution in [2.45, 2.75) is 30.6 Å². The van der Waals surface area contributed by atoms with Crippen LogP contribution < -0.4 is 5.43 Å². The van der Waals surface area contributed by atoms with Gasteiger partial charge in [0, 0.05) is 17.5 Å². The summed E-state index contributed by atoms with van der Waals surface area (Å²) in [6.45, 7) is -0.256. The number of amides is 4. The lowest BCUT2D eigenvalue weighted by molar-refractivity contribution is -0.143. The number of carboxylic acids is 1. The zero-order valence-electron chi connectivity index (χ0n) is 24.8. The van der Waals surface area contributed by atoms with Gasteiger partial charge in [-0.05, 0) is 78.4 Å². The topological polar surface area (TPSA) is 144 Å². The second-order valence-electron chi connectivity index (χ2n) is 12.4. The van der Waals surface area contributed by atoms with Crippen LogP contribution in [0.2, 0.25) is 5.02 Å². The Kier molecular flexibility index (Phi) is 7.39. The van der Waals surface area contributed by atoms with Gasteiger partial charge in [0.15, 0.2) is 0 Å². The normalized spacial score (nSPS) is 28.1. The number of allylic oxidation sites excluding steroid dienone is 2. The van der Waals surface area contributed by atoms with Crippen LogP contribution in [0.3, 0.4) is 0 Å². The van der Waals surface area contributed by atoms with Gasteiger partial charge in [-0.3, -0.25) is 34.3 Å². The molecule has 4 aliphatic rings. The highest BCUT2D eigenvalue weighted by Gasteiger charge is 2.70. The van der Waals surface area contributed by atoms with Crippen LogP contribution in [0.1, 0.15) is 36.3 Å². The molecule has 0 unspecified atom stereocenters. The summed E-state index contributed by atoms with van der Waals surface area (Å²) in [7, 11) is 0. The largest absolute Gasteiger partial charge is 0.508 e. The number of nitrogens with one attached hydrogen (secondary N) is 1. The molecule has 240 valence electrons. The van der Waals surface area contributed by atoms with Crippen LogP contribution in [0.15, 0.2) is 84.4 Å². The minimum absolute atomic E-state index is 0.00467. The highest BCUT2D eigenvalue weighted by atomic mass is 35.5. The van der Waals surface area contributed by atoms with Crippen molar-refractivity contribution in [2.75, 3.05) is 12.0 Å². The lowest BCUT2D eigenvalue weighted by atomic mass is 9.49. The first-order chi connectivity index (χ1) is 22.5. The Labute approximate surface area is 273 Å². The third-order valence-electron chi connectivity index (χ3n) is 10.1. The summed E-state index contributed by atoms with van der Waals surface area (Å²) >= 11 is 6.28. The van der Waals surface area contributed by atoms with E-state index in [1.54, 1.807) is 36.4 Å². The third-order valence-corrected chi connectivity index (χ3v) is 10.4. The molecule has 2 aliphatic carbocycles. The van der Waals surface area contributed by atoms with E-state index in [2.05, 4.69) is 5.43 Å². The maximum absolute atomic E-state index is 15.0. The second-order valence-corrected chi connectivity index (χ2v) is 12.9. The van der Waals surface area contributed by atoms with Crippen LogP contribution in [0, 0.1) is 29.5 Å². The SMILES string of the molecule is O=C(O)CCN1C(=O)[C@H]2[C@H](CC=C3[C@H]2C[C@H]2C(=O)N(Nc4ccc(F)cc4)C(=O)[C@@]2(c2ccc(Cl)cc2)[C@H]3c2ccc(O)cc2)C1=O. The number of likely N-dealkylation sites (tertiary alicyclic amines) is 1. The van der Waals surface area contributed by atoms with Crippen molar-refractivity contribution in [3.8, 4) is 5.75 Å². The molecule has 3 fully saturated rings. The van der Waals surface area contributed by atoms with Crippen LogP contribution >= 0.6 is 11.6 Å². The number of phenolic OH excluding ortho intramolecular Hbond substituents is 1. The number of phenols is 1. The lowest BCUT2D eigenvalue weighted by Crippen LogP contribution is -2.53. The van der Waals surface area contributed by atoms with Gasteiger partial charge in [-0.1, -0.05) is 47.5 Å². The number of carbonyl (C=O) groups excluding carboxylic acids is 4. The highest BCUT2D eigenvalue weighted by Crippen LogP contribution is 2.64. The number of nitrogens with zero attached hydrogens (tertiary/aromatic N) is 2. The molecule has 0 spiro atoms. The number of hydrogen-bond acceptors (Lipinski definition) is 7. The van der Waals surface area contributed by atoms with E-state index in [1.165, 1.54) is 36.4 Å². The Hall–Kier alpha value is -5.03. The molecule has 10 nitrogen and oxygen atoms in total. The highest BCUT2D eigenvalue weighted by molar-refractivity contribution is 6.30. The zero-order valence-corrected chi connectivity index (χ0v) is 25.6. The van der Waals surface area contributed by atoms with Gasteiger partial charge in [-0.2, -0.15) is 5.01 Å². The maximum Gasteiger partial charge on any atom is 0.305 e. The molecule has 2 heterocycles. The minimum Gasteiger partial charge on any atom is -0.508 e. The average molecular weight is 658 g/mol. The average Bonchev–Trinajstić information content (AvgIpc) is 3.42. The Bertz CT molecular complexity index is 1850. The van der Waals surface area contributed by atoms with Crippen LogP contribution in [0.4, 0.5) is 10.1 Å². The summed E-state index contributed by atoms with van der Waals surface area (Å²) in [5.41, 5.74) is 3.51. The standard InChI is InChI=1S/C35H29ClFN3O7/c36-20-5-3-19(4-6-20)35-27(32(45)40(34(35)47)38-22-9-7-21(37)8-10-22)17-26-24(30(35)18-1-11-23(41)12-2-18)13-14-25-29(26)33(46)39(31(25)44)16-15-28(42)43/h1-13,25-27,29-30,38,41H,14-17H2,(H,42,43)/t25-,26+,27-,29-,30-,35+/m0/s1. The molecule has 1 saturated carbocycles. The fraction of sp³-hybridized carbons (Fsp3) is 0.286. The van der Waals surface area contributed by atoms with Crippen molar-refractivity contribution in [1.29, 1.82) is 0 Å². The molecule has 6 atom stereocenters. The number of aliphatic carboxylic acids is 1. The van der Waals surface area contributed by atoms with Gasteiger partial charge in [0.05, 0.1) is 35.3 Å². The zero-order chi connectivity index (χ0) is 33.2. The smallest absolute Gasteiger partial charge is 0.305 e. The number of benzene rings is 3. The Balaban J connectivity index is 1.41. The first kappa shape index (κ1) is 30.6. The number of halogens is 2. The molecule has 7 rings (SSSR count). The van der Waals surface area contributed by atoms with Crippen LogP contribution in [0.5, 0.6) is 5.75 Å². The Morgan fingerprint density at radius 2 is 1.60 bits per heavy atom. The van der Waals surface area contributed by atoms with Crippen LogP contribution in [0.25, 0.3) is 0 Å². The van der Waals surface area contributed by atoms with Crippen molar-refractivity contribution in [1.82, 2.24) is 9.91 Å². The van der Waals surface area contributed by atoms with Gasteiger partial charge >= 0.3 is 5.97 Å². The molecule has 0 radical (unpaired) electrons. The van der Waals surface area contributed by atoms with Crippen molar-refractivity contribution in [3.05, 3.63) is 106 Å². The molecular formula is C35H29ClFN3O7. The molecule has 47 heavy (non-hydrogen) atoms. The number of fused-ring (bicyclic) bond motifs is 4. The van der Waals surface area contributed by atoms with E-state index in [0.717, 1.165) is 9.91 Å². The summed E-state index contributed by atoms with van der Waals surface area (Å²) in [5.74, 6) is -7.69. The van der Waals surface area contributed by atoms with Gasteiger partial charge in [-0.15, -0.1) is 0 Å². The number of rotatable bonds is 7. The van der Waals surface area contributed by atoms with Crippen molar-refractivity contribution < 1.29 is 38.6 Å². The molecular weight excluding hydrogens is 629 g/mol. The molecule has 3 N–H and O–H groups in total. The monoisotopic (exact) mass is 657 g/mol. The number of anilines is 1. The first-order valence-electron chi connectivity index (χ1n) is 15.2. The molecule has 4 amide bonds. The number of aromatic hydroxyl groups is 1. The van der Waals surface area contributed by atoms with Crippen LogP contribution in [-0.4, -0.2) is 56.3 Å². The van der Waals surface area contributed by atoms with E-state index in [0.29, 0.717) is 27.4 Å². The fourth-order valence-corrected chi connectivity index (χ4v) is 8.32. The predicted molar refractivity (Wildman–Crippen MR) is 166 cm³/mol. The van der Waals surface area contributed by atoms with Crippen LogP contribution in [-0.2, 0) is 29.4 Å². The van der Waals surface area contributed by atoms with Gasteiger partial charge in [0.25, 0.3) is 11.8 Å². The summed E-state index contributed by atoms with van der Waals surface area (Å²) in [5, 5.41) is 20.8. The molecule has 3 aromatic carbocycles. The molecule has 2 aliphatic heterocycles.